The number of aliphatic imine (C=N–C) groups is 1. The third-order valence-corrected chi connectivity index (χ3v) is 3.71. The summed E-state index contributed by atoms with van der Waals surface area (Å²) in [5, 5.41) is 0. The van der Waals surface area contributed by atoms with E-state index in [0.717, 1.165) is 26.2 Å². The number of rotatable bonds is 5. The van der Waals surface area contributed by atoms with Gasteiger partial charge in [0.2, 0.25) is 0 Å². The molecule has 0 saturated carbocycles. The average Bonchev–Trinajstić information content (AvgIpc) is 2.38. The standard InChI is InChI=1S/C13H28N4.HI/c1-4-16(5-2)13(14)15-11-12-9-7-8-10-17(12)6-3;/h12H,4-11H2,1-3H3,(H2,14,15);1H. The highest BCUT2D eigenvalue weighted by Gasteiger charge is 2.20. The molecule has 1 unspecified atom stereocenters. The van der Waals surface area contributed by atoms with Gasteiger partial charge in [0.15, 0.2) is 5.96 Å². The zero-order chi connectivity index (χ0) is 12.7. The molecule has 0 radical (unpaired) electrons. The summed E-state index contributed by atoms with van der Waals surface area (Å²) in [6.07, 6.45) is 3.93. The van der Waals surface area contributed by atoms with Gasteiger partial charge in [-0.3, -0.25) is 9.89 Å². The molecular weight excluding hydrogens is 339 g/mol. The molecule has 1 atom stereocenters. The summed E-state index contributed by atoms with van der Waals surface area (Å²) in [6, 6.07) is 0.600. The lowest BCUT2D eigenvalue weighted by atomic mass is 10.0. The Kier molecular flexibility index (Phi) is 9.81. The number of piperidine rings is 1. The van der Waals surface area contributed by atoms with Gasteiger partial charge in [0.25, 0.3) is 0 Å². The SMILES string of the molecule is CCN(CC)C(N)=NCC1CCCCN1CC.I. The van der Waals surface area contributed by atoms with Crippen LogP contribution in [0.4, 0.5) is 0 Å². The van der Waals surface area contributed by atoms with Crippen LogP contribution in [-0.4, -0.2) is 54.5 Å². The van der Waals surface area contributed by atoms with E-state index in [-0.39, 0.29) is 24.0 Å². The number of nitrogens with two attached hydrogens (primary N) is 1. The predicted octanol–water partition coefficient (Wildman–Crippen LogP) is 2.14. The van der Waals surface area contributed by atoms with Gasteiger partial charge < -0.3 is 10.6 Å². The van der Waals surface area contributed by atoms with Crippen molar-refractivity contribution in [2.24, 2.45) is 10.7 Å². The van der Waals surface area contributed by atoms with Crippen molar-refractivity contribution in [3.63, 3.8) is 0 Å². The van der Waals surface area contributed by atoms with Crippen LogP contribution in [0.1, 0.15) is 40.0 Å². The first-order valence-electron chi connectivity index (χ1n) is 7.01. The lowest BCUT2D eigenvalue weighted by molar-refractivity contribution is 0.161. The van der Waals surface area contributed by atoms with Crippen molar-refractivity contribution in [1.29, 1.82) is 0 Å². The van der Waals surface area contributed by atoms with Gasteiger partial charge in [-0.05, 0) is 39.8 Å². The third-order valence-electron chi connectivity index (χ3n) is 3.71. The average molecular weight is 368 g/mol. The minimum Gasteiger partial charge on any atom is -0.370 e. The van der Waals surface area contributed by atoms with Crippen molar-refractivity contribution >= 4 is 29.9 Å². The summed E-state index contributed by atoms with van der Waals surface area (Å²) in [4.78, 5) is 9.21. The van der Waals surface area contributed by atoms with E-state index < -0.39 is 0 Å². The molecule has 0 aromatic rings. The molecule has 0 spiro atoms. The van der Waals surface area contributed by atoms with Crippen molar-refractivity contribution in [2.45, 2.75) is 46.1 Å². The van der Waals surface area contributed by atoms with Gasteiger partial charge in [0.1, 0.15) is 0 Å². The van der Waals surface area contributed by atoms with Gasteiger partial charge in [-0.1, -0.05) is 13.3 Å². The molecule has 1 aliphatic rings. The molecule has 2 N–H and O–H groups in total. The molecule has 0 amide bonds. The normalized spacial score (nSPS) is 21.5. The van der Waals surface area contributed by atoms with Crippen LogP contribution in [0.3, 0.4) is 0 Å². The number of halogens is 1. The largest absolute Gasteiger partial charge is 0.370 e. The van der Waals surface area contributed by atoms with E-state index in [9.17, 15) is 0 Å². The lowest BCUT2D eigenvalue weighted by Gasteiger charge is -2.34. The Balaban J connectivity index is 0.00000289. The second-order valence-electron chi connectivity index (χ2n) is 4.65. The summed E-state index contributed by atoms with van der Waals surface area (Å²) >= 11 is 0. The summed E-state index contributed by atoms with van der Waals surface area (Å²) in [7, 11) is 0. The second-order valence-corrected chi connectivity index (χ2v) is 4.65. The van der Waals surface area contributed by atoms with Crippen molar-refractivity contribution < 1.29 is 0 Å². The van der Waals surface area contributed by atoms with Crippen LogP contribution < -0.4 is 5.73 Å². The molecule has 1 heterocycles. The highest BCUT2D eigenvalue weighted by Crippen LogP contribution is 2.16. The molecule has 18 heavy (non-hydrogen) atoms. The van der Waals surface area contributed by atoms with E-state index in [4.69, 9.17) is 5.73 Å². The first-order valence-corrected chi connectivity index (χ1v) is 7.01. The Hall–Kier alpha value is -0.0400. The van der Waals surface area contributed by atoms with E-state index in [2.05, 4.69) is 35.6 Å². The molecule has 1 rings (SSSR count). The first kappa shape index (κ1) is 18.0. The smallest absolute Gasteiger partial charge is 0.191 e. The molecule has 1 saturated heterocycles. The van der Waals surface area contributed by atoms with Crippen LogP contribution in [0.5, 0.6) is 0 Å². The van der Waals surface area contributed by atoms with Gasteiger partial charge in [-0.15, -0.1) is 24.0 Å². The highest BCUT2D eigenvalue weighted by atomic mass is 127. The first-order chi connectivity index (χ1) is 8.22. The van der Waals surface area contributed by atoms with Crippen molar-refractivity contribution in [3.8, 4) is 0 Å². The molecule has 1 fully saturated rings. The summed E-state index contributed by atoms with van der Waals surface area (Å²) in [5.74, 6) is 0.705. The number of likely N-dealkylation sites (tertiary alicyclic amines) is 1. The molecule has 4 nitrogen and oxygen atoms in total. The summed E-state index contributed by atoms with van der Waals surface area (Å²) < 4.78 is 0. The van der Waals surface area contributed by atoms with Crippen molar-refractivity contribution in [2.75, 3.05) is 32.7 Å². The van der Waals surface area contributed by atoms with Crippen LogP contribution in [0.2, 0.25) is 0 Å². The second kappa shape index (κ2) is 9.83. The van der Waals surface area contributed by atoms with Crippen LogP contribution in [0.25, 0.3) is 0 Å². The Morgan fingerprint density at radius 3 is 2.50 bits per heavy atom. The number of hydrogen-bond donors (Lipinski definition) is 1. The van der Waals surface area contributed by atoms with Crippen LogP contribution in [0.15, 0.2) is 4.99 Å². The van der Waals surface area contributed by atoms with E-state index in [1.54, 1.807) is 0 Å². The topological polar surface area (TPSA) is 44.9 Å². The van der Waals surface area contributed by atoms with Gasteiger partial charge in [-0.2, -0.15) is 0 Å². The Bertz CT molecular complexity index is 241. The Morgan fingerprint density at radius 2 is 1.94 bits per heavy atom. The fourth-order valence-electron chi connectivity index (χ4n) is 2.53. The molecule has 0 aromatic carbocycles. The van der Waals surface area contributed by atoms with Crippen molar-refractivity contribution in [3.05, 3.63) is 0 Å². The molecule has 5 heteroatoms. The molecule has 108 valence electrons. The third kappa shape index (κ3) is 5.30. The number of hydrogen-bond acceptors (Lipinski definition) is 2. The van der Waals surface area contributed by atoms with Crippen LogP contribution in [-0.2, 0) is 0 Å². The quantitative estimate of drug-likeness (QED) is 0.460. The molecular formula is C13H29IN4. The predicted molar refractivity (Wildman–Crippen MR) is 89.7 cm³/mol. The van der Waals surface area contributed by atoms with Gasteiger partial charge in [0, 0.05) is 19.1 Å². The maximum absolute atomic E-state index is 6.00. The lowest BCUT2D eigenvalue weighted by Crippen LogP contribution is -2.43. The minimum absolute atomic E-state index is 0. The fourth-order valence-corrected chi connectivity index (χ4v) is 2.53. The van der Waals surface area contributed by atoms with E-state index >= 15 is 0 Å². The summed E-state index contributed by atoms with van der Waals surface area (Å²) in [6.45, 7) is 11.6. The molecule has 0 aromatic heterocycles. The molecule has 0 aliphatic carbocycles. The van der Waals surface area contributed by atoms with Gasteiger partial charge >= 0.3 is 0 Å². The number of guanidine groups is 1. The van der Waals surface area contributed by atoms with Crippen molar-refractivity contribution in [1.82, 2.24) is 9.80 Å². The zero-order valence-electron chi connectivity index (χ0n) is 12.1. The maximum Gasteiger partial charge on any atom is 0.191 e. The van der Waals surface area contributed by atoms with E-state index in [1.807, 2.05) is 0 Å². The fraction of sp³-hybridized carbons (Fsp3) is 0.923. The Morgan fingerprint density at radius 1 is 1.28 bits per heavy atom. The minimum atomic E-state index is 0. The number of nitrogens with zero attached hydrogens (tertiary/aromatic N) is 3. The molecule has 0 bridgehead atoms. The Labute approximate surface area is 129 Å². The van der Waals surface area contributed by atoms with E-state index in [0.29, 0.717) is 12.0 Å². The van der Waals surface area contributed by atoms with E-state index in [1.165, 1.54) is 25.8 Å². The van der Waals surface area contributed by atoms with Gasteiger partial charge in [0.05, 0.1) is 6.54 Å². The zero-order valence-corrected chi connectivity index (χ0v) is 14.4. The van der Waals surface area contributed by atoms with Crippen LogP contribution in [0, 0.1) is 0 Å². The summed E-state index contributed by atoms with van der Waals surface area (Å²) in [5.41, 5.74) is 6.00. The highest BCUT2D eigenvalue weighted by molar-refractivity contribution is 14.0. The number of likely N-dealkylation sites (N-methyl/N-ethyl adjacent to an activating group) is 1. The van der Waals surface area contributed by atoms with Crippen LogP contribution >= 0.6 is 24.0 Å². The molecule has 1 aliphatic heterocycles. The monoisotopic (exact) mass is 368 g/mol. The maximum atomic E-state index is 6.00. The van der Waals surface area contributed by atoms with Gasteiger partial charge in [-0.25, -0.2) is 0 Å².